The molecule has 1 aliphatic heterocycles. The molecule has 1 aromatic rings. The average Bonchev–Trinajstić information content (AvgIpc) is 2.53. The monoisotopic (exact) mass is 294 g/mol. The minimum Gasteiger partial charge on any atom is -0.497 e. The molecule has 6 nitrogen and oxygen atoms in total. The molecule has 1 fully saturated rings. The van der Waals surface area contributed by atoms with E-state index in [0.29, 0.717) is 18.8 Å². The van der Waals surface area contributed by atoms with Crippen molar-refractivity contribution in [2.24, 2.45) is 0 Å². The Hall–Kier alpha value is -1.79. The fourth-order valence-electron chi connectivity index (χ4n) is 2.75. The third-order valence-corrected chi connectivity index (χ3v) is 3.96. The number of ether oxygens (including phenoxy) is 2. The first-order valence-corrected chi connectivity index (χ1v) is 6.99. The van der Waals surface area contributed by atoms with Crippen molar-refractivity contribution in [1.82, 2.24) is 10.2 Å². The molecule has 1 saturated heterocycles. The Morgan fingerprint density at radius 1 is 1.43 bits per heavy atom. The summed E-state index contributed by atoms with van der Waals surface area (Å²) < 4.78 is 10.6. The molecule has 0 aromatic heterocycles. The van der Waals surface area contributed by atoms with Crippen LogP contribution in [0.4, 0.5) is 0 Å². The number of hydrogen-bond donors (Lipinski definition) is 2. The number of piperazine rings is 1. The Kier molecular flexibility index (Phi) is 5.03. The van der Waals surface area contributed by atoms with Crippen molar-refractivity contribution in [2.45, 2.75) is 19.0 Å². The van der Waals surface area contributed by atoms with E-state index in [-0.39, 0.29) is 6.04 Å². The zero-order valence-corrected chi connectivity index (χ0v) is 12.6. The molecule has 0 bridgehead atoms. The molecular weight excluding hydrogens is 272 g/mol. The zero-order chi connectivity index (χ0) is 15.4. The van der Waals surface area contributed by atoms with Crippen molar-refractivity contribution in [1.29, 1.82) is 0 Å². The summed E-state index contributed by atoms with van der Waals surface area (Å²) in [6.07, 6.45) is 0. The van der Waals surface area contributed by atoms with E-state index in [2.05, 4.69) is 5.32 Å². The fourth-order valence-corrected chi connectivity index (χ4v) is 2.75. The fraction of sp³-hybridized carbons (Fsp3) is 0.533. The maximum absolute atomic E-state index is 11.4. The highest BCUT2D eigenvalue weighted by atomic mass is 16.5. The molecule has 1 aliphatic rings. The first kappa shape index (κ1) is 15.6. The topological polar surface area (TPSA) is 71.0 Å². The van der Waals surface area contributed by atoms with Gasteiger partial charge in [0.1, 0.15) is 17.5 Å². The molecule has 1 heterocycles. The van der Waals surface area contributed by atoms with Gasteiger partial charge in [0.05, 0.1) is 14.2 Å². The summed E-state index contributed by atoms with van der Waals surface area (Å²) in [7, 11) is 3.21. The average molecular weight is 294 g/mol. The molecule has 6 heteroatoms. The second-order valence-corrected chi connectivity index (χ2v) is 5.08. The molecule has 2 N–H and O–H groups in total. The van der Waals surface area contributed by atoms with E-state index in [1.807, 2.05) is 30.0 Å². The lowest BCUT2D eigenvalue weighted by atomic mass is 10.0. The highest BCUT2D eigenvalue weighted by Crippen LogP contribution is 2.33. The van der Waals surface area contributed by atoms with E-state index in [0.717, 1.165) is 17.9 Å². The van der Waals surface area contributed by atoms with E-state index >= 15 is 0 Å². The van der Waals surface area contributed by atoms with E-state index < -0.39 is 12.0 Å². The lowest BCUT2D eigenvalue weighted by Crippen LogP contribution is -2.55. The molecule has 2 atom stereocenters. The Morgan fingerprint density at radius 2 is 2.19 bits per heavy atom. The Bertz CT molecular complexity index is 506. The third kappa shape index (κ3) is 3.28. The van der Waals surface area contributed by atoms with Gasteiger partial charge < -0.3 is 19.9 Å². The van der Waals surface area contributed by atoms with Gasteiger partial charge in [-0.25, -0.2) is 0 Å². The molecule has 21 heavy (non-hydrogen) atoms. The maximum Gasteiger partial charge on any atom is 0.322 e. The van der Waals surface area contributed by atoms with Crippen LogP contribution in [0.25, 0.3) is 0 Å². The summed E-state index contributed by atoms with van der Waals surface area (Å²) >= 11 is 0. The SMILES string of the molecule is COc1ccc(C(C)N2CCNCC2C(=O)O)c(OC)c1. The lowest BCUT2D eigenvalue weighted by Gasteiger charge is -2.38. The van der Waals surface area contributed by atoms with Crippen LogP contribution in [0, 0.1) is 0 Å². The number of nitrogens with one attached hydrogen (secondary N) is 1. The van der Waals surface area contributed by atoms with Crippen LogP contribution in [0.5, 0.6) is 11.5 Å². The van der Waals surface area contributed by atoms with Crippen LogP contribution in [0.2, 0.25) is 0 Å². The van der Waals surface area contributed by atoms with Gasteiger partial charge in [0.25, 0.3) is 0 Å². The van der Waals surface area contributed by atoms with Gasteiger partial charge in [0.15, 0.2) is 0 Å². The van der Waals surface area contributed by atoms with Crippen LogP contribution in [0.3, 0.4) is 0 Å². The number of hydrogen-bond acceptors (Lipinski definition) is 5. The quantitative estimate of drug-likeness (QED) is 0.848. The van der Waals surface area contributed by atoms with Crippen LogP contribution in [-0.2, 0) is 4.79 Å². The summed E-state index contributed by atoms with van der Waals surface area (Å²) in [5.41, 5.74) is 0.964. The number of rotatable bonds is 5. The number of methoxy groups -OCH3 is 2. The Balaban J connectivity index is 2.29. The molecule has 0 aliphatic carbocycles. The van der Waals surface area contributed by atoms with Crippen LogP contribution in [-0.4, -0.2) is 55.9 Å². The molecule has 2 rings (SSSR count). The summed E-state index contributed by atoms with van der Waals surface area (Å²) in [5.74, 6) is 0.629. The van der Waals surface area contributed by atoms with Crippen LogP contribution < -0.4 is 14.8 Å². The standard InChI is InChI=1S/C15H22N2O4/c1-10(17-7-6-16-9-13(17)15(18)19)12-5-4-11(20-2)8-14(12)21-3/h4-5,8,10,13,16H,6-7,9H2,1-3H3,(H,18,19). The van der Waals surface area contributed by atoms with Crippen molar-refractivity contribution >= 4 is 5.97 Å². The highest BCUT2D eigenvalue weighted by molar-refractivity contribution is 5.74. The van der Waals surface area contributed by atoms with Gasteiger partial charge in [-0.05, 0) is 13.0 Å². The highest BCUT2D eigenvalue weighted by Gasteiger charge is 2.33. The summed E-state index contributed by atoms with van der Waals surface area (Å²) in [4.78, 5) is 13.4. The predicted octanol–water partition coefficient (Wildman–Crippen LogP) is 1.12. The number of carbonyl (C=O) groups is 1. The predicted molar refractivity (Wildman–Crippen MR) is 79.0 cm³/mol. The largest absolute Gasteiger partial charge is 0.497 e. The van der Waals surface area contributed by atoms with Gasteiger partial charge in [-0.3, -0.25) is 9.69 Å². The summed E-state index contributed by atoms with van der Waals surface area (Å²) in [6, 6.07) is 5.05. The third-order valence-electron chi connectivity index (χ3n) is 3.96. The number of carboxylic acids is 1. The van der Waals surface area contributed by atoms with Gasteiger partial charge in [-0.15, -0.1) is 0 Å². The number of carboxylic acid groups (broad SMARTS) is 1. The molecule has 116 valence electrons. The number of aliphatic carboxylic acids is 1. The normalized spacial score (nSPS) is 20.8. The number of nitrogens with zero attached hydrogens (tertiary/aromatic N) is 1. The van der Waals surface area contributed by atoms with Crippen LogP contribution in [0.1, 0.15) is 18.5 Å². The zero-order valence-electron chi connectivity index (χ0n) is 12.6. The molecule has 0 amide bonds. The van der Waals surface area contributed by atoms with Crippen LogP contribution >= 0.6 is 0 Å². The van der Waals surface area contributed by atoms with Gasteiger partial charge in [0.2, 0.25) is 0 Å². The first-order valence-electron chi connectivity index (χ1n) is 6.99. The van der Waals surface area contributed by atoms with Gasteiger partial charge in [-0.2, -0.15) is 0 Å². The van der Waals surface area contributed by atoms with Crippen LogP contribution in [0.15, 0.2) is 18.2 Å². The van der Waals surface area contributed by atoms with Crippen molar-refractivity contribution in [3.8, 4) is 11.5 Å². The first-order chi connectivity index (χ1) is 10.1. The molecule has 0 radical (unpaired) electrons. The van der Waals surface area contributed by atoms with Gasteiger partial charge >= 0.3 is 5.97 Å². The molecular formula is C15H22N2O4. The lowest BCUT2D eigenvalue weighted by molar-refractivity contribution is -0.145. The Morgan fingerprint density at radius 3 is 2.81 bits per heavy atom. The smallest absolute Gasteiger partial charge is 0.322 e. The summed E-state index contributed by atoms with van der Waals surface area (Å²) in [5, 5.41) is 12.5. The summed E-state index contributed by atoms with van der Waals surface area (Å²) in [6.45, 7) is 3.93. The van der Waals surface area contributed by atoms with E-state index in [1.165, 1.54) is 0 Å². The van der Waals surface area contributed by atoms with Crippen molar-refractivity contribution in [3.63, 3.8) is 0 Å². The van der Waals surface area contributed by atoms with Crippen molar-refractivity contribution in [3.05, 3.63) is 23.8 Å². The maximum atomic E-state index is 11.4. The van der Waals surface area contributed by atoms with E-state index in [9.17, 15) is 9.90 Å². The minimum atomic E-state index is -0.804. The molecule has 1 aromatic carbocycles. The van der Waals surface area contributed by atoms with E-state index in [1.54, 1.807) is 14.2 Å². The Labute approximate surface area is 124 Å². The minimum absolute atomic E-state index is 0.0472. The molecule has 0 spiro atoms. The van der Waals surface area contributed by atoms with Crippen molar-refractivity contribution < 1.29 is 19.4 Å². The van der Waals surface area contributed by atoms with E-state index in [4.69, 9.17) is 9.47 Å². The molecule has 2 unspecified atom stereocenters. The number of benzene rings is 1. The molecule has 0 saturated carbocycles. The van der Waals surface area contributed by atoms with Crippen molar-refractivity contribution in [2.75, 3.05) is 33.9 Å². The van der Waals surface area contributed by atoms with Gasteiger partial charge in [-0.1, -0.05) is 6.07 Å². The second-order valence-electron chi connectivity index (χ2n) is 5.08. The second kappa shape index (κ2) is 6.78. The van der Waals surface area contributed by atoms with Gasteiger partial charge in [0, 0.05) is 37.3 Å².